The fraction of sp³-hybridized carbons (Fsp3) is 0. The van der Waals surface area contributed by atoms with Crippen molar-refractivity contribution in [3.63, 3.8) is 0 Å². The van der Waals surface area contributed by atoms with Gasteiger partial charge in [-0.2, -0.15) is 0 Å². The molecule has 7 heteroatoms. The van der Waals surface area contributed by atoms with Gasteiger partial charge in [-0.15, -0.1) is 0 Å². The van der Waals surface area contributed by atoms with Crippen molar-refractivity contribution in [3.8, 4) is 0 Å². The quantitative estimate of drug-likeness (QED) is 0.905. The molecule has 0 amide bonds. The molecule has 1 aromatic heterocycles. The normalized spacial score (nSPS) is 11.2. The van der Waals surface area contributed by atoms with Gasteiger partial charge in [-0.05, 0) is 24.3 Å². The second-order valence-corrected chi connectivity index (χ2v) is 6.13. The summed E-state index contributed by atoms with van der Waals surface area (Å²) in [5, 5.41) is 0. The molecule has 0 saturated heterocycles. The van der Waals surface area contributed by atoms with Crippen LogP contribution in [-0.4, -0.2) is 13.4 Å². The smallest absolute Gasteiger partial charge is 0.262 e. The number of nitrogens with one attached hydrogen (secondary N) is 1. The number of halogens is 1. The van der Waals surface area contributed by atoms with Crippen LogP contribution in [0.2, 0.25) is 0 Å². The number of hydrogen-bond donors (Lipinski definition) is 2. The lowest BCUT2D eigenvalue weighted by Crippen LogP contribution is -2.13. The highest BCUT2D eigenvalue weighted by molar-refractivity contribution is 9.10. The van der Waals surface area contributed by atoms with E-state index >= 15 is 0 Å². The highest BCUT2D eigenvalue weighted by atomic mass is 79.9. The zero-order chi connectivity index (χ0) is 13.2. The molecule has 3 N–H and O–H groups in total. The molecule has 5 nitrogen and oxygen atoms in total. The zero-order valence-corrected chi connectivity index (χ0v) is 11.6. The fourth-order valence-electron chi connectivity index (χ4n) is 1.36. The van der Waals surface area contributed by atoms with Crippen LogP contribution in [0.3, 0.4) is 0 Å². The van der Waals surface area contributed by atoms with Gasteiger partial charge >= 0.3 is 0 Å². The van der Waals surface area contributed by atoms with Gasteiger partial charge in [-0.3, -0.25) is 4.72 Å². The minimum Gasteiger partial charge on any atom is -0.384 e. The van der Waals surface area contributed by atoms with Crippen molar-refractivity contribution in [3.05, 3.63) is 47.1 Å². The summed E-state index contributed by atoms with van der Waals surface area (Å²) in [6.07, 6.45) is 1.35. The number of hydrogen-bond acceptors (Lipinski definition) is 4. The SMILES string of the molecule is Nc1cc(S(=O)(=O)Nc2cccc(Br)c2)ccn1. The van der Waals surface area contributed by atoms with E-state index in [1.807, 2.05) is 6.07 Å². The second-order valence-electron chi connectivity index (χ2n) is 3.53. The predicted molar refractivity (Wildman–Crippen MR) is 73.6 cm³/mol. The van der Waals surface area contributed by atoms with E-state index in [0.29, 0.717) is 5.69 Å². The van der Waals surface area contributed by atoms with Crippen LogP contribution in [0.5, 0.6) is 0 Å². The largest absolute Gasteiger partial charge is 0.384 e. The van der Waals surface area contributed by atoms with Crippen LogP contribution in [0, 0.1) is 0 Å². The molecule has 0 radical (unpaired) electrons. The summed E-state index contributed by atoms with van der Waals surface area (Å²) in [4.78, 5) is 3.83. The number of sulfonamides is 1. The van der Waals surface area contributed by atoms with Crippen LogP contribution in [0.25, 0.3) is 0 Å². The summed E-state index contributed by atoms with van der Waals surface area (Å²) in [6.45, 7) is 0. The molecule has 0 fully saturated rings. The summed E-state index contributed by atoms with van der Waals surface area (Å²) in [7, 11) is -3.64. The van der Waals surface area contributed by atoms with Crippen molar-refractivity contribution in [2.45, 2.75) is 4.90 Å². The van der Waals surface area contributed by atoms with Gasteiger partial charge in [0.1, 0.15) is 5.82 Å². The highest BCUT2D eigenvalue weighted by Crippen LogP contribution is 2.20. The third-order valence-corrected chi connectivity index (χ3v) is 4.01. The number of nitrogens with zero attached hydrogens (tertiary/aromatic N) is 1. The van der Waals surface area contributed by atoms with Gasteiger partial charge in [-0.1, -0.05) is 22.0 Å². The molecule has 1 heterocycles. The maximum atomic E-state index is 12.1. The average Bonchev–Trinajstić information content (AvgIpc) is 2.28. The van der Waals surface area contributed by atoms with Gasteiger partial charge in [0.25, 0.3) is 10.0 Å². The van der Waals surface area contributed by atoms with Crippen molar-refractivity contribution in [1.29, 1.82) is 0 Å². The summed E-state index contributed by atoms with van der Waals surface area (Å²) >= 11 is 3.27. The predicted octanol–water partition coefficient (Wildman–Crippen LogP) is 2.23. The topological polar surface area (TPSA) is 85.1 Å². The number of aromatic nitrogens is 1. The molecule has 0 aliphatic heterocycles. The first kappa shape index (κ1) is 12.8. The lowest BCUT2D eigenvalue weighted by Gasteiger charge is -2.08. The van der Waals surface area contributed by atoms with E-state index in [2.05, 4.69) is 25.6 Å². The minimum atomic E-state index is -3.64. The average molecular weight is 328 g/mol. The molecule has 0 aliphatic carbocycles. The Bertz CT molecular complexity index is 673. The van der Waals surface area contributed by atoms with Gasteiger partial charge in [0.2, 0.25) is 0 Å². The molecular formula is C11H10BrN3O2S. The molecule has 2 aromatic rings. The number of anilines is 2. The number of pyridine rings is 1. The molecule has 0 unspecified atom stereocenters. The Balaban J connectivity index is 2.33. The Labute approximate surface area is 113 Å². The first-order chi connectivity index (χ1) is 8.47. The number of rotatable bonds is 3. The van der Waals surface area contributed by atoms with E-state index in [1.54, 1.807) is 18.2 Å². The highest BCUT2D eigenvalue weighted by Gasteiger charge is 2.14. The van der Waals surface area contributed by atoms with Gasteiger partial charge in [0, 0.05) is 22.4 Å². The third kappa shape index (κ3) is 2.99. The lowest BCUT2D eigenvalue weighted by molar-refractivity contribution is 0.601. The minimum absolute atomic E-state index is 0.0787. The Kier molecular flexibility index (Phi) is 3.53. The Morgan fingerprint density at radius 1 is 1.22 bits per heavy atom. The van der Waals surface area contributed by atoms with E-state index in [4.69, 9.17) is 5.73 Å². The number of benzene rings is 1. The van der Waals surface area contributed by atoms with Crippen molar-refractivity contribution in [1.82, 2.24) is 4.98 Å². The van der Waals surface area contributed by atoms with Crippen LogP contribution in [0.4, 0.5) is 11.5 Å². The van der Waals surface area contributed by atoms with Crippen LogP contribution in [0.1, 0.15) is 0 Å². The molecule has 18 heavy (non-hydrogen) atoms. The van der Waals surface area contributed by atoms with E-state index in [1.165, 1.54) is 18.3 Å². The zero-order valence-electron chi connectivity index (χ0n) is 9.17. The Morgan fingerprint density at radius 3 is 2.67 bits per heavy atom. The molecule has 0 spiro atoms. The first-order valence-electron chi connectivity index (χ1n) is 4.97. The summed E-state index contributed by atoms with van der Waals surface area (Å²) < 4.78 is 27.4. The molecule has 0 aliphatic rings. The first-order valence-corrected chi connectivity index (χ1v) is 7.25. The summed E-state index contributed by atoms with van der Waals surface area (Å²) in [5.74, 6) is 0.159. The van der Waals surface area contributed by atoms with E-state index < -0.39 is 10.0 Å². The van der Waals surface area contributed by atoms with Gasteiger partial charge in [0.05, 0.1) is 4.90 Å². The third-order valence-electron chi connectivity index (χ3n) is 2.14. The molecule has 0 atom stereocenters. The number of nitrogens with two attached hydrogens (primary N) is 1. The molecular weight excluding hydrogens is 318 g/mol. The van der Waals surface area contributed by atoms with Gasteiger partial charge in [0.15, 0.2) is 0 Å². The maximum absolute atomic E-state index is 12.1. The summed E-state index contributed by atoms with van der Waals surface area (Å²) in [5.41, 5.74) is 5.93. The number of nitrogen functional groups attached to an aromatic ring is 1. The van der Waals surface area contributed by atoms with Crippen LogP contribution in [-0.2, 0) is 10.0 Å². The van der Waals surface area contributed by atoms with Crippen molar-refractivity contribution in [2.75, 3.05) is 10.5 Å². The van der Waals surface area contributed by atoms with Gasteiger partial charge < -0.3 is 5.73 Å². The summed E-state index contributed by atoms with van der Waals surface area (Å²) in [6, 6.07) is 9.57. The molecule has 2 rings (SSSR count). The van der Waals surface area contributed by atoms with E-state index in [9.17, 15) is 8.42 Å². The van der Waals surface area contributed by atoms with Crippen LogP contribution in [0.15, 0.2) is 52.0 Å². The van der Waals surface area contributed by atoms with E-state index in [-0.39, 0.29) is 10.7 Å². The van der Waals surface area contributed by atoms with Gasteiger partial charge in [-0.25, -0.2) is 13.4 Å². The molecule has 0 saturated carbocycles. The molecule has 1 aromatic carbocycles. The molecule has 94 valence electrons. The van der Waals surface area contributed by atoms with Crippen LogP contribution < -0.4 is 10.5 Å². The van der Waals surface area contributed by atoms with E-state index in [0.717, 1.165) is 4.47 Å². The molecule has 0 bridgehead atoms. The second kappa shape index (κ2) is 4.95. The fourth-order valence-corrected chi connectivity index (χ4v) is 2.83. The van der Waals surface area contributed by atoms with Crippen molar-refractivity contribution >= 4 is 37.5 Å². The Morgan fingerprint density at radius 2 is 2.00 bits per heavy atom. The monoisotopic (exact) mass is 327 g/mol. The Hall–Kier alpha value is -1.60. The van der Waals surface area contributed by atoms with Crippen molar-refractivity contribution < 1.29 is 8.42 Å². The van der Waals surface area contributed by atoms with Crippen molar-refractivity contribution in [2.24, 2.45) is 0 Å². The lowest BCUT2D eigenvalue weighted by atomic mass is 10.3. The standard InChI is InChI=1S/C11H10BrN3O2S/c12-8-2-1-3-9(6-8)15-18(16,17)10-4-5-14-11(13)7-10/h1-7,15H,(H2,13,14). The maximum Gasteiger partial charge on any atom is 0.262 e. The van der Waals surface area contributed by atoms with Crippen LogP contribution >= 0.6 is 15.9 Å².